The van der Waals surface area contributed by atoms with Crippen LogP contribution in [-0.2, 0) is 0 Å². The van der Waals surface area contributed by atoms with Crippen LogP contribution in [0.25, 0.3) is 0 Å². The van der Waals surface area contributed by atoms with Crippen molar-refractivity contribution in [2.75, 3.05) is 13.1 Å². The molecular formula is C11H39N3O. The van der Waals surface area contributed by atoms with E-state index in [1.807, 2.05) is 48.5 Å². The van der Waals surface area contributed by atoms with Crippen LogP contribution in [0.15, 0.2) is 12.7 Å². The predicted octanol–water partition coefficient (Wildman–Crippen LogP) is 2.76. The minimum absolute atomic E-state index is 0. The molecule has 0 saturated carbocycles. The molecule has 0 atom stereocenters. The van der Waals surface area contributed by atoms with Crippen molar-refractivity contribution in [2.24, 2.45) is 11.5 Å². The van der Waals surface area contributed by atoms with Gasteiger partial charge in [0.1, 0.15) is 0 Å². The van der Waals surface area contributed by atoms with Gasteiger partial charge in [0.2, 0.25) is 0 Å². The normalized spacial score (nSPS) is 4.07. The van der Waals surface area contributed by atoms with Crippen LogP contribution in [0.4, 0.5) is 0 Å². The van der Waals surface area contributed by atoms with E-state index in [9.17, 15) is 0 Å². The van der Waals surface area contributed by atoms with Gasteiger partial charge in [0.25, 0.3) is 0 Å². The summed E-state index contributed by atoms with van der Waals surface area (Å²) in [6, 6.07) is 0. The summed E-state index contributed by atoms with van der Waals surface area (Å²) in [6.45, 7) is 18.6. The lowest BCUT2D eigenvalue weighted by molar-refractivity contribution is 0.824. The van der Waals surface area contributed by atoms with E-state index in [0.29, 0.717) is 6.54 Å². The van der Waals surface area contributed by atoms with Gasteiger partial charge in [-0.2, -0.15) is 0 Å². The van der Waals surface area contributed by atoms with Crippen molar-refractivity contribution in [3.8, 4) is 0 Å². The van der Waals surface area contributed by atoms with Crippen LogP contribution in [0.2, 0.25) is 0 Å². The smallest absolute Gasteiger partial charge is 0.0104 e. The monoisotopic (exact) mass is 229 g/mol. The molecule has 4 nitrogen and oxygen atoms in total. The first-order chi connectivity index (χ1) is 6.33. The second-order valence-corrected chi connectivity index (χ2v) is 0.933. The van der Waals surface area contributed by atoms with Crippen molar-refractivity contribution in [1.82, 2.24) is 6.15 Å². The van der Waals surface area contributed by atoms with Crippen molar-refractivity contribution < 1.29 is 6.90 Å². The largest absolute Gasteiger partial charge is 0.412 e. The molecule has 0 radical (unpaired) electrons. The van der Waals surface area contributed by atoms with Gasteiger partial charge in [-0.3, -0.25) is 0 Å². The fraction of sp³-hybridized carbons (Fsp3) is 0.818. The molecule has 0 amide bonds. The fourth-order valence-electron chi connectivity index (χ4n) is 0. The first kappa shape index (κ1) is 46.8. The Morgan fingerprint density at radius 1 is 1.00 bits per heavy atom. The fourth-order valence-corrected chi connectivity index (χ4v) is 0. The van der Waals surface area contributed by atoms with Gasteiger partial charge < -0.3 is 23.1 Å². The zero-order chi connectivity index (χ0) is 12.1. The average molecular weight is 229 g/mol. The molecule has 0 saturated heterocycles. The minimum Gasteiger partial charge on any atom is -0.412 e. The summed E-state index contributed by atoms with van der Waals surface area (Å²) in [7, 11) is 0. The van der Waals surface area contributed by atoms with E-state index in [1.165, 1.54) is 0 Å². The molecule has 0 fully saturated rings. The molecule has 15 heavy (non-hydrogen) atoms. The Labute approximate surface area is 99.5 Å². The lowest BCUT2D eigenvalue weighted by Crippen LogP contribution is -1.90. The third-order valence-corrected chi connectivity index (χ3v) is 0.167. The maximum Gasteiger partial charge on any atom is 0.0104 e. The topological polar surface area (TPSA) is 119 Å². The van der Waals surface area contributed by atoms with E-state index < -0.39 is 0 Å². The van der Waals surface area contributed by atoms with Gasteiger partial charge in [0.15, 0.2) is 0 Å². The Hall–Kier alpha value is -0.420. The summed E-state index contributed by atoms with van der Waals surface area (Å²) in [5.41, 5.74) is 9.76. The second kappa shape index (κ2) is 323. The van der Waals surface area contributed by atoms with Crippen molar-refractivity contribution >= 4 is 0 Å². The van der Waals surface area contributed by atoms with E-state index >= 15 is 0 Å². The first-order valence-electron chi connectivity index (χ1n) is 5.34. The Morgan fingerprint density at radius 2 is 1.07 bits per heavy atom. The Bertz CT molecular complexity index is 42.4. The zero-order valence-electron chi connectivity index (χ0n) is 12.1. The zero-order valence-corrected chi connectivity index (χ0v) is 12.1. The summed E-state index contributed by atoms with van der Waals surface area (Å²) in [5, 5.41) is 0. The van der Waals surface area contributed by atoms with Crippen LogP contribution in [0, 0.1) is 0 Å². The molecule has 0 aliphatic rings. The molecule has 0 aromatic carbocycles. The van der Waals surface area contributed by atoms with Crippen molar-refractivity contribution in [3.05, 3.63) is 12.7 Å². The molecule has 0 heterocycles. The van der Waals surface area contributed by atoms with Gasteiger partial charge in [-0.15, -0.1) is 6.58 Å². The van der Waals surface area contributed by atoms with Crippen molar-refractivity contribution in [1.29, 1.82) is 0 Å². The summed E-state index contributed by atoms with van der Waals surface area (Å²) >= 11 is 0. The molecule has 4 heteroatoms. The van der Waals surface area contributed by atoms with Crippen LogP contribution in [0.3, 0.4) is 0 Å². The molecule has 0 spiro atoms. The summed E-state index contributed by atoms with van der Waals surface area (Å²) in [4.78, 5) is 0. The molecule has 0 aliphatic heterocycles. The highest BCUT2D eigenvalue weighted by molar-refractivity contribution is 4.64. The van der Waals surface area contributed by atoms with Crippen LogP contribution in [0.1, 0.15) is 49.9 Å². The number of hydrogen-bond donors (Lipinski definition) is 3. The van der Waals surface area contributed by atoms with Crippen LogP contribution in [0.5, 0.6) is 0 Å². The third kappa shape index (κ3) is 5410. The van der Waals surface area contributed by atoms with Gasteiger partial charge in [0, 0.05) is 7.97 Å². The highest BCUT2D eigenvalue weighted by Gasteiger charge is 1.43. The first-order valence-corrected chi connectivity index (χ1v) is 5.34. The van der Waals surface area contributed by atoms with Crippen molar-refractivity contribution in [3.63, 3.8) is 0 Å². The quantitative estimate of drug-likeness (QED) is 0.600. The maximum absolute atomic E-state index is 4.91. The molecule has 9 N–H and O–H groups in total. The molecular weight excluding hydrogens is 190 g/mol. The standard InChI is InChI=1S/C3H7N.C2H7N.3C2H6.H3N.H2O.H2/c1-2-3-4;1-2-3;3*1-2;;;/h2H,1,3-4H2;2-3H2,1H3;3*1-2H3;1H3;1H2;1H. The average Bonchev–Trinajstić information content (AvgIpc) is 2.27. The molecule has 0 aromatic heterocycles. The Kier molecular flexibility index (Phi) is 1010. The van der Waals surface area contributed by atoms with Gasteiger partial charge in [-0.25, -0.2) is 0 Å². The molecule has 0 bridgehead atoms. The lowest BCUT2D eigenvalue weighted by atomic mass is 10.7. The van der Waals surface area contributed by atoms with Gasteiger partial charge in [-0.1, -0.05) is 54.5 Å². The summed E-state index contributed by atoms with van der Waals surface area (Å²) < 4.78 is 0. The number of hydrogen-bond acceptors (Lipinski definition) is 3. The van der Waals surface area contributed by atoms with E-state index in [2.05, 4.69) is 6.58 Å². The summed E-state index contributed by atoms with van der Waals surface area (Å²) in [5.74, 6) is 0. The Morgan fingerprint density at radius 3 is 1.07 bits per heavy atom. The van der Waals surface area contributed by atoms with E-state index in [-0.39, 0.29) is 13.1 Å². The molecule has 104 valence electrons. The summed E-state index contributed by atoms with van der Waals surface area (Å²) in [6.07, 6.45) is 1.65. The van der Waals surface area contributed by atoms with E-state index in [1.54, 1.807) is 6.08 Å². The maximum atomic E-state index is 4.91. The van der Waals surface area contributed by atoms with Crippen molar-refractivity contribution in [2.45, 2.75) is 48.5 Å². The van der Waals surface area contributed by atoms with Crippen LogP contribution < -0.4 is 17.6 Å². The number of rotatable bonds is 1. The molecule has 0 aromatic rings. The molecule has 0 rings (SSSR count). The Balaban J connectivity index is -0.00000000824. The predicted molar refractivity (Wildman–Crippen MR) is 78.8 cm³/mol. The van der Waals surface area contributed by atoms with Gasteiger partial charge in [-0.05, 0) is 6.54 Å². The lowest BCUT2D eigenvalue weighted by Gasteiger charge is -1.61. The van der Waals surface area contributed by atoms with Crippen LogP contribution in [-0.4, -0.2) is 18.6 Å². The molecule has 0 unspecified atom stereocenters. The van der Waals surface area contributed by atoms with Gasteiger partial charge >= 0.3 is 0 Å². The minimum atomic E-state index is 0. The van der Waals surface area contributed by atoms with E-state index in [4.69, 9.17) is 11.5 Å². The SMILES string of the molecule is C=CCN.CC.CC.CC.CCN.N.O.[HH]. The highest BCUT2D eigenvalue weighted by atomic mass is 16.0. The number of nitrogens with two attached hydrogens (primary N) is 2. The third-order valence-electron chi connectivity index (χ3n) is 0.167. The van der Waals surface area contributed by atoms with Crippen LogP contribution >= 0.6 is 0 Å². The second-order valence-electron chi connectivity index (χ2n) is 0.933. The highest BCUT2D eigenvalue weighted by Crippen LogP contribution is 1.40. The van der Waals surface area contributed by atoms with E-state index in [0.717, 1.165) is 6.54 Å². The van der Waals surface area contributed by atoms with Gasteiger partial charge in [0.05, 0.1) is 0 Å². The molecule has 0 aliphatic carbocycles.